The summed E-state index contributed by atoms with van der Waals surface area (Å²) in [4.78, 5) is 2.62. The van der Waals surface area contributed by atoms with Crippen LogP contribution in [0, 0.1) is 5.92 Å². The monoisotopic (exact) mass is 270 g/mol. The average molecular weight is 270 g/mol. The van der Waals surface area contributed by atoms with Gasteiger partial charge in [0.1, 0.15) is 7.28 Å². The van der Waals surface area contributed by atoms with Gasteiger partial charge in [-0.05, 0) is 32.4 Å². The van der Waals surface area contributed by atoms with Crippen molar-refractivity contribution in [3.8, 4) is 0 Å². The third-order valence-corrected chi connectivity index (χ3v) is 6.90. The lowest BCUT2D eigenvalue weighted by Crippen LogP contribution is -2.49. The highest BCUT2D eigenvalue weighted by molar-refractivity contribution is 7.60. The Morgan fingerprint density at radius 1 is 1.00 bits per heavy atom. The molecular formula is C15H27B3NO. The predicted molar refractivity (Wildman–Crippen MR) is 88.2 cm³/mol. The molecule has 5 aliphatic heterocycles. The van der Waals surface area contributed by atoms with E-state index >= 15 is 0 Å². The molecule has 0 spiro atoms. The molecule has 5 fully saturated rings. The molecule has 0 amide bonds. The van der Waals surface area contributed by atoms with Gasteiger partial charge in [-0.3, -0.25) is 0 Å². The number of ether oxygens (including phenoxy) is 1. The lowest BCUT2D eigenvalue weighted by molar-refractivity contribution is -0.0110. The average Bonchev–Trinajstić information content (AvgIpc) is 3.32. The third kappa shape index (κ3) is 2.29. The lowest BCUT2D eigenvalue weighted by Gasteiger charge is -2.42. The van der Waals surface area contributed by atoms with Crippen molar-refractivity contribution in [1.29, 1.82) is 0 Å². The van der Waals surface area contributed by atoms with E-state index < -0.39 is 0 Å². The van der Waals surface area contributed by atoms with Gasteiger partial charge in [0.15, 0.2) is 0 Å². The summed E-state index contributed by atoms with van der Waals surface area (Å²) < 4.78 is 5.98. The fraction of sp³-hybridized carbons (Fsp3) is 1.00. The van der Waals surface area contributed by atoms with Crippen molar-refractivity contribution in [2.45, 2.75) is 68.3 Å². The molecule has 1 unspecified atom stereocenters. The number of hydrogen-bond donors (Lipinski definition) is 0. The molecule has 2 bridgehead atoms. The van der Waals surface area contributed by atoms with Crippen LogP contribution in [0.25, 0.3) is 0 Å². The van der Waals surface area contributed by atoms with Crippen molar-refractivity contribution >= 4 is 20.5 Å². The Morgan fingerprint density at radius 2 is 1.75 bits per heavy atom. The minimum Gasteiger partial charge on any atom is -0.380 e. The van der Waals surface area contributed by atoms with Crippen molar-refractivity contribution in [1.82, 2.24) is 4.90 Å². The zero-order valence-electron chi connectivity index (χ0n) is 13.1. The molecule has 5 heterocycles. The summed E-state index contributed by atoms with van der Waals surface area (Å²) in [5.74, 6) is 0.859. The van der Waals surface area contributed by atoms with E-state index in [-0.39, 0.29) is 0 Å². The fourth-order valence-electron chi connectivity index (χ4n) is 5.66. The number of hydrogen-bond acceptors (Lipinski definition) is 2. The van der Waals surface area contributed by atoms with E-state index in [1.165, 1.54) is 51.3 Å². The van der Waals surface area contributed by atoms with Crippen LogP contribution in [-0.2, 0) is 4.74 Å². The van der Waals surface area contributed by atoms with E-state index in [1.54, 1.807) is 0 Å². The first-order chi connectivity index (χ1) is 9.81. The molecule has 0 saturated carbocycles. The number of rotatable bonds is 1. The Hall–Kier alpha value is 0.115. The van der Waals surface area contributed by atoms with Gasteiger partial charge < -0.3 is 9.64 Å². The van der Waals surface area contributed by atoms with Crippen molar-refractivity contribution in [2.24, 2.45) is 5.92 Å². The summed E-state index contributed by atoms with van der Waals surface area (Å²) in [6, 6.07) is 0.668. The van der Waals surface area contributed by atoms with Crippen LogP contribution < -0.4 is 0 Å². The zero-order chi connectivity index (χ0) is 13.7. The van der Waals surface area contributed by atoms with Crippen molar-refractivity contribution in [2.75, 3.05) is 20.7 Å². The van der Waals surface area contributed by atoms with E-state index in [2.05, 4.69) is 19.2 Å². The minimum atomic E-state index is 0.472. The second kappa shape index (κ2) is 5.39. The topological polar surface area (TPSA) is 12.5 Å². The van der Waals surface area contributed by atoms with Crippen molar-refractivity contribution in [3.05, 3.63) is 0 Å². The maximum Gasteiger partial charge on any atom is 0.111 e. The highest BCUT2D eigenvalue weighted by Gasteiger charge is 2.76. The largest absolute Gasteiger partial charge is 0.380 e. The van der Waals surface area contributed by atoms with Gasteiger partial charge in [-0.15, -0.1) is 0 Å². The molecule has 2 nitrogen and oxygen atoms in total. The van der Waals surface area contributed by atoms with Gasteiger partial charge in [-0.2, -0.15) is 0 Å². The van der Waals surface area contributed by atoms with E-state index in [1.807, 2.05) is 7.11 Å². The summed E-state index contributed by atoms with van der Waals surface area (Å²) in [6.07, 6.45) is 10.1. The Morgan fingerprint density at radius 3 is 2.50 bits per heavy atom. The summed E-state index contributed by atoms with van der Waals surface area (Å²) >= 11 is 0. The smallest absolute Gasteiger partial charge is 0.111 e. The third-order valence-electron chi connectivity index (χ3n) is 6.90. The Kier molecular flexibility index (Phi) is 3.71. The Labute approximate surface area is 125 Å². The van der Waals surface area contributed by atoms with Gasteiger partial charge in [-0.1, -0.05) is 43.3 Å². The van der Waals surface area contributed by atoms with Gasteiger partial charge in [0.25, 0.3) is 0 Å². The molecule has 5 aliphatic rings. The van der Waals surface area contributed by atoms with Gasteiger partial charge in [0.2, 0.25) is 0 Å². The number of nitrogens with zero attached hydrogens (tertiary/aromatic N) is 1. The SMILES string of the molecule is CO[C@@H]1CCC2B3B2C3CC[C@@H]2CC[B]CCN(C)C21. The van der Waals surface area contributed by atoms with Gasteiger partial charge in [0, 0.05) is 13.2 Å². The van der Waals surface area contributed by atoms with Crippen LogP contribution in [0.4, 0.5) is 0 Å². The summed E-state index contributed by atoms with van der Waals surface area (Å²) in [7, 11) is 6.79. The molecule has 0 aromatic rings. The van der Waals surface area contributed by atoms with Crippen molar-refractivity contribution < 1.29 is 4.74 Å². The molecule has 3 atom stereocenters. The van der Waals surface area contributed by atoms with E-state index in [0.717, 1.165) is 30.6 Å². The molecule has 5 heteroatoms. The molecule has 5 rings (SSSR count). The first kappa shape index (κ1) is 13.8. The second-order valence-corrected chi connectivity index (χ2v) is 7.80. The van der Waals surface area contributed by atoms with E-state index in [4.69, 9.17) is 4.74 Å². The van der Waals surface area contributed by atoms with Crippen LogP contribution in [0.2, 0.25) is 24.1 Å². The highest BCUT2D eigenvalue weighted by atomic mass is 16.5. The summed E-state index contributed by atoms with van der Waals surface area (Å²) in [6.45, 7) is 3.53. The molecule has 20 heavy (non-hydrogen) atoms. The second-order valence-electron chi connectivity index (χ2n) is 7.80. The van der Waals surface area contributed by atoms with E-state index in [9.17, 15) is 0 Å². The molecule has 107 valence electrons. The fourth-order valence-corrected chi connectivity index (χ4v) is 5.66. The molecule has 5 saturated heterocycles. The Balaban J connectivity index is 1.52. The maximum atomic E-state index is 5.98. The van der Waals surface area contributed by atoms with Crippen LogP contribution in [0.3, 0.4) is 0 Å². The number of likely N-dealkylation sites (N-methyl/N-ethyl adjacent to an activating group) is 1. The molecular weight excluding hydrogens is 243 g/mol. The summed E-state index contributed by atoms with van der Waals surface area (Å²) in [5, 5.41) is 0. The highest BCUT2D eigenvalue weighted by Crippen LogP contribution is 2.67. The van der Waals surface area contributed by atoms with Crippen LogP contribution in [-0.4, -0.2) is 58.2 Å². The van der Waals surface area contributed by atoms with Crippen LogP contribution in [0.5, 0.6) is 0 Å². The van der Waals surface area contributed by atoms with Crippen molar-refractivity contribution in [3.63, 3.8) is 0 Å². The molecule has 0 aliphatic carbocycles. The standard InChI is InChI=1S/C15H27B3NO/c1-19-10-9-16-8-7-11-3-5-13-17-14(18(13)17)6-4-12(20-2)15(11)19/h11-15H,3-10H2,1-2H3/t11-,12-,13?,14?,15?/m1/s1. The Bertz CT molecular complexity index is 359. The number of fused-ring (bicyclic) bond motifs is 3. The first-order valence-electron chi connectivity index (χ1n) is 8.86. The van der Waals surface area contributed by atoms with Gasteiger partial charge >= 0.3 is 0 Å². The zero-order valence-corrected chi connectivity index (χ0v) is 13.1. The molecule has 0 aromatic heterocycles. The van der Waals surface area contributed by atoms with E-state index in [0.29, 0.717) is 12.1 Å². The molecule has 0 aromatic carbocycles. The first-order valence-corrected chi connectivity index (χ1v) is 8.86. The normalized spacial score (nSPS) is 44.6. The predicted octanol–water partition coefficient (Wildman–Crippen LogP) is 2.35. The molecule has 0 N–H and O–H groups in total. The lowest BCUT2D eigenvalue weighted by atomic mass is 9.60. The van der Waals surface area contributed by atoms with Gasteiger partial charge in [-0.25, -0.2) is 0 Å². The van der Waals surface area contributed by atoms with Crippen LogP contribution in [0.15, 0.2) is 0 Å². The minimum absolute atomic E-state index is 0.472. The quantitative estimate of drug-likeness (QED) is 0.678. The van der Waals surface area contributed by atoms with Gasteiger partial charge in [0.05, 0.1) is 19.3 Å². The molecule has 1 radical (unpaired) electrons. The maximum absolute atomic E-state index is 5.98. The van der Waals surface area contributed by atoms with Crippen LogP contribution in [0.1, 0.15) is 32.1 Å². The van der Waals surface area contributed by atoms with Crippen LogP contribution >= 0.6 is 0 Å². The number of methoxy groups -OCH3 is 1. The summed E-state index contributed by atoms with van der Waals surface area (Å²) in [5.41, 5.74) is 2.24.